The Morgan fingerprint density at radius 2 is 1.68 bits per heavy atom. The fourth-order valence-corrected chi connectivity index (χ4v) is 2.53. The molecular weight excluding hydrogens is 360 g/mol. The van der Waals surface area contributed by atoms with Gasteiger partial charge in [0, 0.05) is 35.5 Å². The summed E-state index contributed by atoms with van der Waals surface area (Å²) in [4.78, 5) is 19.7. The minimum Gasteiger partial charge on any atom is -0.497 e. The first-order valence-electron chi connectivity index (χ1n) is 8.47. The quantitative estimate of drug-likeness (QED) is 0.546. The molecule has 1 heterocycles. The zero-order valence-electron chi connectivity index (χ0n) is 15.5. The fraction of sp³-hybridized carbons (Fsp3) is 0.150. The lowest BCUT2D eigenvalue weighted by Gasteiger charge is -2.13. The lowest BCUT2D eigenvalue weighted by molar-refractivity contribution is -0.134. The van der Waals surface area contributed by atoms with Crippen molar-refractivity contribution in [1.29, 1.82) is 0 Å². The topological polar surface area (TPSA) is 106 Å². The molecule has 0 radical (unpaired) electrons. The van der Waals surface area contributed by atoms with Crippen molar-refractivity contribution in [3.8, 4) is 22.8 Å². The minimum absolute atomic E-state index is 0.209. The molecule has 0 aliphatic heterocycles. The summed E-state index contributed by atoms with van der Waals surface area (Å²) in [5.74, 6) is 0.964. The Kier molecular flexibility index (Phi) is 5.91. The Morgan fingerprint density at radius 1 is 1.00 bits per heavy atom. The Hall–Kier alpha value is -3.81. The van der Waals surface area contributed by atoms with Crippen LogP contribution in [0.15, 0.2) is 54.6 Å². The normalized spacial score (nSPS) is 10.2. The number of rotatable bonds is 8. The van der Waals surface area contributed by atoms with E-state index in [4.69, 9.17) is 14.6 Å². The van der Waals surface area contributed by atoms with Crippen molar-refractivity contribution in [3.63, 3.8) is 0 Å². The minimum atomic E-state index is -0.999. The molecule has 0 atom stereocenters. The molecule has 0 bridgehead atoms. The second-order valence-electron chi connectivity index (χ2n) is 5.80. The van der Waals surface area contributed by atoms with E-state index >= 15 is 0 Å². The Morgan fingerprint density at radius 3 is 2.29 bits per heavy atom. The monoisotopic (exact) mass is 380 g/mol. The molecule has 8 heteroatoms. The number of aromatic nitrogens is 2. The number of carboxylic acid groups (broad SMARTS) is 1. The van der Waals surface area contributed by atoms with Crippen molar-refractivity contribution >= 4 is 23.4 Å². The van der Waals surface area contributed by atoms with Crippen LogP contribution in [0.2, 0.25) is 0 Å². The highest BCUT2D eigenvalue weighted by molar-refractivity contribution is 5.73. The summed E-state index contributed by atoms with van der Waals surface area (Å²) in [6.07, 6.45) is 0. The zero-order valence-corrected chi connectivity index (χ0v) is 15.5. The van der Waals surface area contributed by atoms with Gasteiger partial charge in [-0.15, -0.1) is 0 Å². The lowest BCUT2D eigenvalue weighted by atomic mass is 10.1. The third kappa shape index (κ3) is 4.88. The summed E-state index contributed by atoms with van der Waals surface area (Å²) in [6, 6.07) is 16.7. The van der Waals surface area contributed by atoms with E-state index in [1.807, 2.05) is 30.3 Å². The van der Waals surface area contributed by atoms with Gasteiger partial charge in [-0.05, 0) is 0 Å². The van der Waals surface area contributed by atoms with Crippen molar-refractivity contribution in [3.05, 3.63) is 54.6 Å². The van der Waals surface area contributed by atoms with Crippen molar-refractivity contribution in [2.24, 2.45) is 0 Å². The second-order valence-corrected chi connectivity index (χ2v) is 5.80. The van der Waals surface area contributed by atoms with Crippen LogP contribution < -0.4 is 20.1 Å². The lowest BCUT2D eigenvalue weighted by Crippen LogP contribution is -2.15. The summed E-state index contributed by atoms with van der Waals surface area (Å²) < 4.78 is 10.6. The van der Waals surface area contributed by atoms with Gasteiger partial charge in [0.2, 0.25) is 5.95 Å². The summed E-state index contributed by atoms with van der Waals surface area (Å²) >= 11 is 0. The highest BCUT2D eigenvalue weighted by atomic mass is 16.5. The molecule has 144 valence electrons. The molecule has 0 saturated heterocycles. The van der Waals surface area contributed by atoms with Crippen LogP contribution in [-0.2, 0) is 4.79 Å². The van der Waals surface area contributed by atoms with Crippen LogP contribution >= 0.6 is 0 Å². The molecule has 0 spiro atoms. The smallest absolute Gasteiger partial charge is 0.322 e. The number of anilines is 3. The van der Waals surface area contributed by atoms with Gasteiger partial charge in [0.1, 0.15) is 23.9 Å². The number of nitrogens with zero attached hydrogens (tertiary/aromatic N) is 2. The standard InChI is InChI=1S/C20H20N4O4/c1-27-15-8-14(9-16(10-15)28-2)22-18-11-17(13-6-4-3-5-7-13)23-20(24-18)21-12-19(25)26/h3-11H,12H2,1-2H3,(H,25,26)(H2,21,22,23,24). The Bertz CT molecular complexity index is 941. The number of hydrogen-bond acceptors (Lipinski definition) is 7. The van der Waals surface area contributed by atoms with Gasteiger partial charge in [-0.1, -0.05) is 30.3 Å². The number of nitrogens with one attached hydrogen (secondary N) is 2. The molecule has 3 aromatic rings. The van der Waals surface area contributed by atoms with Crippen LogP contribution in [0.4, 0.5) is 17.5 Å². The van der Waals surface area contributed by atoms with Crippen LogP contribution in [0.1, 0.15) is 0 Å². The summed E-state index contributed by atoms with van der Waals surface area (Å²) in [7, 11) is 3.15. The number of carboxylic acids is 1. The van der Waals surface area contributed by atoms with Gasteiger partial charge < -0.3 is 25.2 Å². The van der Waals surface area contributed by atoms with Gasteiger partial charge in [0.25, 0.3) is 0 Å². The van der Waals surface area contributed by atoms with Gasteiger partial charge in [0.15, 0.2) is 0 Å². The predicted octanol–water partition coefficient (Wildman–Crippen LogP) is 3.40. The largest absolute Gasteiger partial charge is 0.497 e. The van der Waals surface area contributed by atoms with Crippen molar-refractivity contribution in [2.75, 3.05) is 31.4 Å². The van der Waals surface area contributed by atoms with Gasteiger partial charge in [0.05, 0.1) is 19.9 Å². The van der Waals surface area contributed by atoms with Gasteiger partial charge in [-0.25, -0.2) is 4.98 Å². The first-order valence-corrected chi connectivity index (χ1v) is 8.47. The molecule has 8 nitrogen and oxygen atoms in total. The summed E-state index contributed by atoms with van der Waals surface area (Å²) in [5, 5.41) is 14.8. The molecule has 0 aliphatic carbocycles. The number of hydrogen-bond donors (Lipinski definition) is 3. The van der Waals surface area contributed by atoms with Crippen molar-refractivity contribution < 1.29 is 19.4 Å². The van der Waals surface area contributed by atoms with Gasteiger partial charge in [-0.3, -0.25) is 4.79 Å². The first kappa shape index (κ1) is 19.0. The van der Waals surface area contributed by atoms with Crippen LogP contribution in [0.25, 0.3) is 11.3 Å². The predicted molar refractivity (Wildman–Crippen MR) is 106 cm³/mol. The van der Waals surface area contributed by atoms with Gasteiger partial charge in [-0.2, -0.15) is 4.98 Å². The van der Waals surface area contributed by atoms with Crippen LogP contribution in [0.5, 0.6) is 11.5 Å². The summed E-state index contributed by atoms with van der Waals surface area (Å²) in [5.41, 5.74) is 2.24. The molecule has 0 saturated carbocycles. The second kappa shape index (κ2) is 8.72. The van der Waals surface area contributed by atoms with Crippen LogP contribution in [-0.4, -0.2) is 41.8 Å². The van der Waals surface area contributed by atoms with Gasteiger partial charge >= 0.3 is 5.97 Å². The first-order chi connectivity index (χ1) is 13.6. The van der Waals surface area contributed by atoms with E-state index in [1.165, 1.54) is 0 Å². The van der Waals surface area contributed by atoms with Crippen molar-refractivity contribution in [2.45, 2.75) is 0 Å². The number of benzene rings is 2. The Labute approximate surface area is 162 Å². The van der Waals surface area contributed by atoms with Crippen LogP contribution in [0.3, 0.4) is 0 Å². The molecule has 0 aliphatic rings. The molecule has 1 aromatic heterocycles. The molecule has 3 rings (SSSR count). The summed E-state index contributed by atoms with van der Waals surface area (Å²) in [6.45, 7) is -0.287. The molecule has 3 N–H and O–H groups in total. The zero-order chi connectivity index (χ0) is 19.9. The highest BCUT2D eigenvalue weighted by Crippen LogP contribution is 2.29. The average molecular weight is 380 g/mol. The SMILES string of the molecule is COc1cc(Nc2cc(-c3ccccc3)nc(NCC(=O)O)n2)cc(OC)c1. The van der Waals surface area contributed by atoms with Crippen molar-refractivity contribution in [1.82, 2.24) is 9.97 Å². The molecule has 2 aromatic carbocycles. The molecule has 0 unspecified atom stereocenters. The Balaban J connectivity index is 1.97. The van der Waals surface area contributed by atoms with E-state index in [0.717, 1.165) is 5.56 Å². The molecule has 0 amide bonds. The van der Waals surface area contributed by atoms with E-state index in [-0.39, 0.29) is 12.5 Å². The van der Waals surface area contributed by atoms with E-state index in [0.29, 0.717) is 28.7 Å². The maximum absolute atomic E-state index is 10.9. The highest BCUT2D eigenvalue weighted by Gasteiger charge is 2.09. The number of methoxy groups -OCH3 is 2. The molecule has 28 heavy (non-hydrogen) atoms. The molecule has 0 fully saturated rings. The number of aliphatic carboxylic acids is 1. The van der Waals surface area contributed by atoms with E-state index in [2.05, 4.69) is 20.6 Å². The number of carbonyl (C=O) groups is 1. The number of ether oxygens (including phenoxy) is 2. The average Bonchev–Trinajstić information content (AvgIpc) is 2.72. The molecular formula is C20H20N4O4. The maximum atomic E-state index is 10.9. The van der Waals surface area contributed by atoms with E-state index < -0.39 is 5.97 Å². The van der Waals surface area contributed by atoms with Crippen LogP contribution in [0, 0.1) is 0 Å². The van der Waals surface area contributed by atoms with E-state index in [9.17, 15) is 4.79 Å². The fourth-order valence-electron chi connectivity index (χ4n) is 2.53. The maximum Gasteiger partial charge on any atom is 0.322 e. The van der Waals surface area contributed by atoms with E-state index in [1.54, 1.807) is 38.5 Å². The third-order valence-corrected chi connectivity index (χ3v) is 3.82. The third-order valence-electron chi connectivity index (χ3n) is 3.82.